The van der Waals surface area contributed by atoms with Crippen LogP contribution in [0.1, 0.15) is 25.8 Å². The Balaban J connectivity index is 3.17. The van der Waals surface area contributed by atoms with Crippen molar-refractivity contribution in [2.24, 2.45) is 0 Å². The van der Waals surface area contributed by atoms with Gasteiger partial charge in [-0.1, -0.05) is 19.1 Å². The number of anilines is 1. The van der Waals surface area contributed by atoms with E-state index in [1.54, 1.807) is 25.1 Å². The summed E-state index contributed by atoms with van der Waals surface area (Å²) < 4.78 is 26.7. The van der Waals surface area contributed by atoms with E-state index in [0.29, 0.717) is 5.56 Å². The van der Waals surface area contributed by atoms with Crippen molar-refractivity contribution in [3.05, 3.63) is 23.8 Å². The molecule has 1 aromatic rings. The van der Waals surface area contributed by atoms with Gasteiger partial charge >= 0.3 is 0 Å². The third-order valence-corrected chi connectivity index (χ3v) is 4.29. The van der Waals surface area contributed by atoms with Gasteiger partial charge in [0.15, 0.2) is 0 Å². The number of hydrogen-bond donors (Lipinski definition) is 2. The van der Waals surface area contributed by atoms with Crippen molar-refractivity contribution in [2.75, 3.05) is 5.73 Å². The predicted molar refractivity (Wildman–Crippen MR) is 65.7 cm³/mol. The molecule has 0 aliphatic heterocycles. The second kappa shape index (κ2) is 4.84. The smallest absolute Gasteiger partial charge is 0.243 e. The van der Waals surface area contributed by atoms with Crippen molar-refractivity contribution in [1.29, 1.82) is 0 Å². The number of nitrogens with two attached hydrogens (primary N) is 1. The fraction of sp³-hybridized carbons (Fsp3) is 0.455. The molecule has 3 N–H and O–H groups in total. The quantitative estimate of drug-likeness (QED) is 0.789. The maximum atomic E-state index is 12.1. The number of aryl methyl sites for hydroxylation is 1. The Hall–Kier alpha value is -1.07. The van der Waals surface area contributed by atoms with Crippen molar-refractivity contribution < 1.29 is 8.42 Å². The van der Waals surface area contributed by atoms with Crippen LogP contribution in [0.3, 0.4) is 0 Å². The van der Waals surface area contributed by atoms with Crippen LogP contribution in [0.2, 0.25) is 0 Å². The molecule has 4 nitrogen and oxygen atoms in total. The van der Waals surface area contributed by atoms with Crippen LogP contribution in [-0.2, 0) is 10.0 Å². The zero-order chi connectivity index (χ0) is 12.3. The first-order chi connectivity index (χ1) is 7.38. The second-order valence-electron chi connectivity index (χ2n) is 3.92. The summed E-state index contributed by atoms with van der Waals surface area (Å²) in [5.41, 5.74) is 6.66. The van der Waals surface area contributed by atoms with Gasteiger partial charge in [0, 0.05) is 6.04 Å². The van der Waals surface area contributed by atoms with Crippen LogP contribution in [0.15, 0.2) is 23.1 Å². The highest BCUT2D eigenvalue weighted by Crippen LogP contribution is 2.22. The van der Waals surface area contributed by atoms with Crippen molar-refractivity contribution in [2.45, 2.75) is 38.1 Å². The molecule has 0 heterocycles. The van der Waals surface area contributed by atoms with Gasteiger partial charge in [-0.25, -0.2) is 13.1 Å². The molecule has 0 spiro atoms. The average Bonchev–Trinajstić information content (AvgIpc) is 2.16. The molecule has 0 saturated carbocycles. The standard InChI is InChI=1S/C11H18N2O2S/c1-4-9(3)13-16(14,15)11-8(2)6-5-7-10(11)12/h5-7,9,13H,4,12H2,1-3H3. The van der Waals surface area contributed by atoms with Gasteiger partial charge in [0.1, 0.15) is 4.90 Å². The second-order valence-corrected chi connectivity index (χ2v) is 5.57. The normalized spacial score (nSPS) is 13.7. The average molecular weight is 242 g/mol. The summed E-state index contributed by atoms with van der Waals surface area (Å²) in [6.07, 6.45) is 0.741. The lowest BCUT2D eigenvalue weighted by Gasteiger charge is -2.15. The summed E-state index contributed by atoms with van der Waals surface area (Å²) in [6, 6.07) is 4.98. The molecule has 1 rings (SSSR count). The van der Waals surface area contributed by atoms with E-state index in [2.05, 4.69) is 4.72 Å². The summed E-state index contributed by atoms with van der Waals surface area (Å²) >= 11 is 0. The number of hydrogen-bond acceptors (Lipinski definition) is 3. The molecule has 5 heteroatoms. The number of nitrogen functional groups attached to an aromatic ring is 1. The van der Waals surface area contributed by atoms with Crippen LogP contribution in [-0.4, -0.2) is 14.5 Å². The molecule has 1 atom stereocenters. The molecule has 0 aliphatic rings. The maximum Gasteiger partial charge on any atom is 0.243 e. The lowest BCUT2D eigenvalue weighted by atomic mass is 10.2. The van der Waals surface area contributed by atoms with Crippen molar-refractivity contribution >= 4 is 15.7 Å². The molecule has 0 bridgehead atoms. The highest BCUT2D eigenvalue weighted by Gasteiger charge is 2.21. The van der Waals surface area contributed by atoms with E-state index in [-0.39, 0.29) is 16.6 Å². The van der Waals surface area contributed by atoms with Gasteiger partial charge < -0.3 is 5.73 Å². The zero-order valence-electron chi connectivity index (χ0n) is 9.82. The summed E-state index contributed by atoms with van der Waals surface area (Å²) in [7, 11) is -3.51. The van der Waals surface area contributed by atoms with Crippen molar-refractivity contribution in [3.63, 3.8) is 0 Å². The molecular formula is C11H18N2O2S. The molecule has 0 radical (unpaired) electrons. The van der Waals surface area contributed by atoms with E-state index in [9.17, 15) is 8.42 Å². The molecule has 0 fully saturated rings. The summed E-state index contributed by atoms with van der Waals surface area (Å²) in [5, 5.41) is 0. The minimum Gasteiger partial charge on any atom is -0.398 e. The summed E-state index contributed by atoms with van der Waals surface area (Å²) in [4.78, 5) is 0.190. The monoisotopic (exact) mass is 242 g/mol. The van der Waals surface area contributed by atoms with Crippen LogP contribution in [0, 0.1) is 6.92 Å². The summed E-state index contributed by atoms with van der Waals surface area (Å²) in [5.74, 6) is 0. The van der Waals surface area contributed by atoms with Gasteiger partial charge in [-0.2, -0.15) is 0 Å². The Morgan fingerprint density at radius 2 is 2.06 bits per heavy atom. The van der Waals surface area contributed by atoms with Gasteiger partial charge in [0.05, 0.1) is 5.69 Å². The predicted octanol–water partition coefficient (Wildman–Crippen LogP) is 1.65. The van der Waals surface area contributed by atoms with E-state index in [1.165, 1.54) is 0 Å². The van der Waals surface area contributed by atoms with Crippen LogP contribution in [0.25, 0.3) is 0 Å². The fourth-order valence-corrected chi connectivity index (χ4v) is 3.13. The SMILES string of the molecule is CCC(C)NS(=O)(=O)c1c(C)cccc1N. The van der Waals surface area contributed by atoms with Crippen LogP contribution in [0.4, 0.5) is 5.69 Å². The molecule has 1 unspecified atom stereocenters. The lowest BCUT2D eigenvalue weighted by molar-refractivity contribution is 0.555. The number of sulfonamides is 1. The minimum absolute atomic E-state index is 0.0935. The third kappa shape index (κ3) is 2.74. The van der Waals surface area contributed by atoms with Gasteiger partial charge in [-0.15, -0.1) is 0 Å². The largest absolute Gasteiger partial charge is 0.398 e. The molecule has 0 amide bonds. The highest BCUT2D eigenvalue weighted by atomic mass is 32.2. The first kappa shape index (κ1) is 13.0. The first-order valence-electron chi connectivity index (χ1n) is 5.26. The summed E-state index contributed by atoms with van der Waals surface area (Å²) in [6.45, 7) is 5.49. The Kier molecular flexibility index (Phi) is 3.93. The molecule has 90 valence electrons. The van der Waals surface area contributed by atoms with Gasteiger partial charge in [-0.3, -0.25) is 0 Å². The Bertz CT molecular complexity index is 449. The van der Waals surface area contributed by atoms with Crippen LogP contribution in [0.5, 0.6) is 0 Å². The van der Waals surface area contributed by atoms with E-state index in [4.69, 9.17) is 5.73 Å². The zero-order valence-corrected chi connectivity index (χ0v) is 10.6. The van der Waals surface area contributed by atoms with Gasteiger partial charge in [0.2, 0.25) is 10.0 Å². The Morgan fingerprint density at radius 3 is 2.56 bits per heavy atom. The highest BCUT2D eigenvalue weighted by molar-refractivity contribution is 7.89. The Labute approximate surface area is 96.9 Å². The molecule has 0 aliphatic carbocycles. The molecule has 1 aromatic carbocycles. The Morgan fingerprint density at radius 1 is 1.44 bits per heavy atom. The van der Waals surface area contributed by atoms with Crippen molar-refractivity contribution in [3.8, 4) is 0 Å². The van der Waals surface area contributed by atoms with E-state index in [1.807, 2.05) is 13.8 Å². The van der Waals surface area contributed by atoms with Crippen LogP contribution < -0.4 is 10.5 Å². The fourth-order valence-electron chi connectivity index (χ4n) is 1.45. The molecule has 16 heavy (non-hydrogen) atoms. The first-order valence-corrected chi connectivity index (χ1v) is 6.74. The molecule has 0 saturated heterocycles. The molecular weight excluding hydrogens is 224 g/mol. The topological polar surface area (TPSA) is 72.2 Å². The lowest BCUT2D eigenvalue weighted by Crippen LogP contribution is -2.32. The number of rotatable bonds is 4. The van der Waals surface area contributed by atoms with Gasteiger partial charge in [0.25, 0.3) is 0 Å². The van der Waals surface area contributed by atoms with E-state index in [0.717, 1.165) is 6.42 Å². The van der Waals surface area contributed by atoms with Crippen LogP contribution >= 0.6 is 0 Å². The maximum absolute atomic E-state index is 12.1. The number of benzene rings is 1. The minimum atomic E-state index is -3.51. The van der Waals surface area contributed by atoms with Crippen molar-refractivity contribution in [1.82, 2.24) is 4.72 Å². The molecule has 0 aromatic heterocycles. The third-order valence-electron chi connectivity index (χ3n) is 2.48. The van der Waals surface area contributed by atoms with Gasteiger partial charge in [-0.05, 0) is 31.9 Å². The van der Waals surface area contributed by atoms with E-state index < -0.39 is 10.0 Å². The number of nitrogens with one attached hydrogen (secondary N) is 1. The van der Waals surface area contributed by atoms with E-state index >= 15 is 0 Å².